The van der Waals surface area contributed by atoms with Crippen molar-refractivity contribution in [2.45, 2.75) is 123 Å². The first-order valence-electron chi connectivity index (χ1n) is 27.0. The Morgan fingerprint density at radius 2 is 1.57 bits per heavy atom. The van der Waals surface area contributed by atoms with Gasteiger partial charge in [0.05, 0.1) is 6.54 Å². The summed E-state index contributed by atoms with van der Waals surface area (Å²) in [4.78, 5) is 77.7. The lowest BCUT2D eigenvalue weighted by Gasteiger charge is -2.37. The molecule has 74 heavy (non-hydrogen) atoms. The van der Waals surface area contributed by atoms with Crippen molar-refractivity contribution in [3.05, 3.63) is 122 Å². The summed E-state index contributed by atoms with van der Waals surface area (Å²) >= 11 is 0. The second-order valence-electron chi connectivity index (χ2n) is 20.9. The lowest BCUT2D eigenvalue weighted by Crippen LogP contribution is -2.58. The van der Waals surface area contributed by atoms with Crippen molar-refractivity contribution in [1.82, 2.24) is 35.6 Å². The second-order valence-corrected chi connectivity index (χ2v) is 20.9. The molecule has 0 aliphatic carbocycles. The highest BCUT2D eigenvalue weighted by Crippen LogP contribution is 2.34. The van der Waals surface area contributed by atoms with Crippen LogP contribution in [-0.4, -0.2) is 145 Å². The number of nitrogens with two attached hydrogens (primary N) is 1. The first-order valence-corrected chi connectivity index (χ1v) is 27.0. The van der Waals surface area contributed by atoms with Crippen LogP contribution < -0.4 is 32.1 Å². The molecule has 0 radical (unpaired) electrons. The number of ether oxygens (including phenoxy) is 1. The Hall–Kier alpha value is -5.91. The Balaban J connectivity index is 0.824. The number of piperazine rings is 1. The van der Waals surface area contributed by atoms with E-state index in [1.165, 1.54) is 5.56 Å². The van der Waals surface area contributed by atoms with Crippen LogP contribution in [0.5, 0.6) is 0 Å². The van der Waals surface area contributed by atoms with Crippen LogP contribution in [0.1, 0.15) is 103 Å². The topological polar surface area (TPSA) is 206 Å². The van der Waals surface area contributed by atoms with Gasteiger partial charge in [0.15, 0.2) is 0 Å². The molecule has 3 saturated heterocycles. The number of aliphatic hydroxyl groups excluding tert-OH is 1. The summed E-state index contributed by atoms with van der Waals surface area (Å²) in [6, 6.07) is 23.0. The van der Waals surface area contributed by atoms with E-state index in [0.29, 0.717) is 69.4 Å². The molecule has 0 saturated carbocycles. The van der Waals surface area contributed by atoms with Crippen molar-refractivity contribution in [3.63, 3.8) is 0 Å². The van der Waals surface area contributed by atoms with Crippen LogP contribution in [0.3, 0.4) is 0 Å². The number of aryl methyl sites for hydroxylation is 2. The number of aromatic amines is 1. The van der Waals surface area contributed by atoms with E-state index in [9.17, 15) is 29.1 Å². The van der Waals surface area contributed by atoms with Crippen LogP contribution in [0.25, 0.3) is 11.1 Å². The molecule has 16 heteroatoms. The Kier molecular flexibility index (Phi) is 20.4. The number of carbonyl (C=O) groups is 4. The third-order valence-corrected chi connectivity index (χ3v) is 15.1. The summed E-state index contributed by atoms with van der Waals surface area (Å²) in [6.45, 7) is 18.7. The van der Waals surface area contributed by atoms with Gasteiger partial charge in [-0.2, -0.15) is 0 Å². The first-order chi connectivity index (χ1) is 35.7. The molecule has 16 nitrogen and oxygen atoms in total. The number of unbranched alkanes of at least 4 members (excludes halogenated alkanes) is 3. The number of carbonyl (C=O) groups excluding carboxylic acids is 4. The number of benzene rings is 3. The summed E-state index contributed by atoms with van der Waals surface area (Å²) < 4.78 is 5.71. The molecule has 3 fully saturated rings. The maximum atomic E-state index is 14.0. The van der Waals surface area contributed by atoms with Crippen molar-refractivity contribution in [1.29, 1.82) is 0 Å². The number of anilines is 1. The van der Waals surface area contributed by atoms with E-state index < -0.39 is 24.1 Å². The third kappa shape index (κ3) is 15.3. The average Bonchev–Trinajstić information content (AvgIpc) is 3.38. The molecular formula is C58H81N9O7. The molecule has 2 unspecified atom stereocenters. The summed E-state index contributed by atoms with van der Waals surface area (Å²) in [5.74, 6) is -0.707. The van der Waals surface area contributed by atoms with Crippen LogP contribution in [0, 0.1) is 26.7 Å². The van der Waals surface area contributed by atoms with Crippen molar-refractivity contribution in [3.8, 4) is 11.1 Å². The van der Waals surface area contributed by atoms with Gasteiger partial charge in [0.1, 0.15) is 12.1 Å². The minimum Gasteiger partial charge on any atom is -0.382 e. The van der Waals surface area contributed by atoms with Crippen molar-refractivity contribution in [2.75, 3.05) is 77.0 Å². The molecule has 3 aromatic carbocycles. The maximum Gasteiger partial charge on any atom is 0.253 e. The second kappa shape index (κ2) is 27.0. The highest BCUT2D eigenvalue weighted by molar-refractivity contribution is 5.99. The van der Waals surface area contributed by atoms with Crippen LogP contribution >= 0.6 is 0 Å². The van der Waals surface area contributed by atoms with Crippen LogP contribution in [0.4, 0.5) is 5.69 Å². The van der Waals surface area contributed by atoms with E-state index in [0.717, 1.165) is 117 Å². The monoisotopic (exact) mass is 1020 g/mol. The molecule has 4 aromatic rings. The van der Waals surface area contributed by atoms with Crippen LogP contribution in [0.2, 0.25) is 0 Å². The van der Waals surface area contributed by atoms with Crippen LogP contribution in [0.15, 0.2) is 77.6 Å². The third-order valence-electron chi connectivity index (χ3n) is 15.1. The number of pyridine rings is 1. The van der Waals surface area contributed by atoms with Crippen molar-refractivity contribution in [2.24, 2.45) is 11.7 Å². The molecule has 1 aromatic heterocycles. The largest absolute Gasteiger partial charge is 0.382 e. The molecule has 7 rings (SSSR count). The fourth-order valence-corrected chi connectivity index (χ4v) is 10.9. The lowest BCUT2D eigenvalue weighted by molar-refractivity contribution is -0.142. The number of rotatable bonds is 23. The molecule has 400 valence electrons. The number of hydrogen-bond acceptors (Lipinski definition) is 11. The summed E-state index contributed by atoms with van der Waals surface area (Å²) in [6.07, 6.45) is 4.84. The number of hydrogen-bond donors (Lipinski definition) is 6. The fourth-order valence-electron chi connectivity index (χ4n) is 10.9. The number of nitrogens with one attached hydrogen (secondary N) is 4. The number of amides is 4. The molecule has 4 atom stereocenters. The predicted molar refractivity (Wildman–Crippen MR) is 291 cm³/mol. The van der Waals surface area contributed by atoms with Crippen molar-refractivity contribution < 1.29 is 29.0 Å². The van der Waals surface area contributed by atoms with Gasteiger partial charge in [-0.15, -0.1) is 0 Å². The molecular weight excluding hydrogens is 935 g/mol. The average molecular weight is 1020 g/mol. The number of aromatic nitrogens is 1. The summed E-state index contributed by atoms with van der Waals surface area (Å²) in [5.41, 5.74) is 14.8. The number of nitrogens with zero attached hydrogens (tertiary/aromatic N) is 4. The minimum atomic E-state index is -1.42. The Labute approximate surface area is 437 Å². The molecule has 3 aliphatic heterocycles. The molecule has 4 heterocycles. The van der Waals surface area contributed by atoms with Gasteiger partial charge in [0.2, 0.25) is 11.8 Å². The number of aliphatic hydroxyl groups is 1. The summed E-state index contributed by atoms with van der Waals surface area (Å²) in [7, 11) is 0. The maximum absolute atomic E-state index is 14.0. The normalized spacial score (nSPS) is 18.7. The smallest absolute Gasteiger partial charge is 0.253 e. The van der Waals surface area contributed by atoms with E-state index in [4.69, 9.17) is 10.5 Å². The van der Waals surface area contributed by atoms with Gasteiger partial charge < -0.3 is 46.3 Å². The standard InChI is InChI=1S/C58H81N9O7/c1-6-67(47-20-28-74-29-21-47)52-34-46(33-48(42(52)5)55(70)61-35-49-40(3)31-41(4)62-56(49)71)45-18-16-44(17-19-45)37-64-24-26-65(27-25-64)38-53(68)60-22-12-7-8-13-23-66-36-39(2)30-51(58(66)73)63-57(72)54(69)50(59)32-43-14-10-9-11-15-43/h9-11,14-19,31,33-34,39,47,50-51,54,69H,6-8,12-13,20-30,32,35-38,59H2,1-5H3,(H,60,68)(H,61,70)(H,62,71)(H,63,72)/t39?,50?,51-,54-/m0/s1. The molecule has 7 N–H and O–H groups in total. The Bertz CT molecular complexity index is 2560. The van der Waals surface area contributed by atoms with Gasteiger partial charge in [0.25, 0.3) is 17.4 Å². The van der Waals surface area contributed by atoms with Gasteiger partial charge in [-0.1, -0.05) is 74.4 Å². The zero-order valence-electron chi connectivity index (χ0n) is 44.4. The molecule has 4 amide bonds. The van der Waals surface area contributed by atoms with E-state index in [-0.39, 0.29) is 35.7 Å². The van der Waals surface area contributed by atoms with Gasteiger partial charge >= 0.3 is 0 Å². The summed E-state index contributed by atoms with van der Waals surface area (Å²) in [5, 5.41) is 19.6. The fraction of sp³-hybridized carbons (Fsp3) is 0.534. The SMILES string of the molecule is CCN(c1cc(-c2ccc(CN3CCN(CC(=O)NCCCCCCN4CC(C)C[C@H](NC(=O)[C@@H](O)C(N)Cc5ccccc5)C4=O)CC3)cc2)cc(C(=O)NCc2c(C)cc(C)[nH]c2=O)c1C)C1CCOCC1. The Morgan fingerprint density at radius 1 is 0.865 bits per heavy atom. The van der Waals surface area contributed by atoms with Crippen LogP contribution in [-0.2, 0) is 38.6 Å². The first kappa shape index (κ1) is 55.8. The lowest BCUT2D eigenvalue weighted by atomic mass is 9.94. The number of H-pyrrole nitrogens is 1. The quantitative estimate of drug-likeness (QED) is 0.0547. The van der Waals surface area contributed by atoms with Gasteiger partial charge in [-0.25, -0.2) is 0 Å². The zero-order chi connectivity index (χ0) is 52.7. The molecule has 0 bridgehead atoms. The van der Waals surface area contributed by atoms with E-state index in [2.05, 4.69) is 79.8 Å². The van der Waals surface area contributed by atoms with Gasteiger partial charge in [-0.05, 0) is 124 Å². The molecule has 0 spiro atoms. The van der Waals surface area contributed by atoms with E-state index in [1.807, 2.05) is 68.1 Å². The van der Waals surface area contributed by atoms with E-state index in [1.54, 1.807) is 0 Å². The molecule has 3 aliphatic rings. The van der Waals surface area contributed by atoms with E-state index >= 15 is 0 Å². The van der Waals surface area contributed by atoms with Gasteiger partial charge in [-0.3, -0.25) is 33.8 Å². The zero-order valence-corrected chi connectivity index (χ0v) is 44.4. The highest BCUT2D eigenvalue weighted by atomic mass is 16.5. The Morgan fingerprint density at radius 3 is 2.27 bits per heavy atom. The minimum absolute atomic E-state index is 0.0347. The number of likely N-dealkylation sites (tertiary alicyclic amines) is 1. The highest BCUT2D eigenvalue weighted by Gasteiger charge is 2.35. The predicted octanol–water partition coefficient (Wildman–Crippen LogP) is 4.98. The number of piperidine rings is 1. The van der Waals surface area contributed by atoms with Crippen molar-refractivity contribution >= 4 is 29.3 Å². The van der Waals surface area contributed by atoms with Gasteiger partial charge in [0, 0.05) is 113 Å².